The molecule has 190 valence electrons. The number of hydrogen-bond donors (Lipinski definition) is 0. The van der Waals surface area contributed by atoms with Crippen LogP contribution in [0.2, 0.25) is 0 Å². The minimum Gasteiger partial charge on any atom is -0.370 e. The Bertz CT molecular complexity index is 1220. The molecule has 3 amide bonds. The Hall–Kier alpha value is -3.48. The Morgan fingerprint density at radius 2 is 1.50 bits per heavy atom. The van der Waals surface area contributed by atoms with Crippen molar-refractivity contribution in [2.24, 2.45) is 5.41 Å². The molecule has 4 heterocycles. The summed E-state index contributed by atoms with van der Waals surface area (Å²) in [6.45, 7) is 6.17. The molecular formula is C26H30F2N6O2. The average molecular weight is 497 g/mol. The van der Waals surface area contributed by atoms with Crippen LogP contribution < -0.4 is 4.90 Å². The fraction of sp³-hybridized carbons (Fsp3) is 0.538. The van der Waals surface area contributed by atoms with Crippen LogP contribution in [0.3, 0.4) is 0 Å². The lowest BCUT2D eigenvalue weighted by Crippen LogP contribution is -2.53. The van der Waals surface area contributed by atoms with Crippen molar-refractivity contribution in [1.29, 1.82) is 5.26 Å². The van der Waals surface area contributed by atoms with E-state index in [-0.39, 0.29) is 17.5 Å². The standard InChI is InChI=1S/C26H30F2N6O2/c1-26(17-29)4-8-31(9-5-26)23-18-14-20(27)21(28)15-22(18)30-16-19(23)24(35)32-10-12-34(13-11-32)25(36)33-6-2-3-7-33/h14-16H,2-13H2,1H3. The van der Waals surface area contributed by atoms with Crippen LogP contribution in [0.4, 0.5) is 19.3 Å². The van der Waals surface area contributed by atoms with Crippen molar-refractivity contribution in [3.8, 4) is 6.07 Å². The second-order valence-corrected chi connectivity index (χ2v) is 10.2. The van der Waals surface area contributed by atoms with E-state index in [1.807, 2.05) is 16.7 Å². The van der Waals surface area contributed by atoms with Gasteiger partial charge in [0.15, 0.2) is 11.6 Å². The number of likely N-dealkylation sites (tertiary alicyclic amines) is 1. The first kappa shape index (κ1) is 24.2. The second-order valence-electron chi connectivity index (χ2n) is 10.2. The number of anilines is 1. The number of benzene rings is 1. The van der Waals surface area contributed by atoms with Gasteiger partial charge >= 0.3 is 6.03 Å². The Labute approximate surface area is 209 Å². The SMILES string of the molecule is CC1(C#N)CCN(c2c(C(=O)N3CCN(C(=O)N4CCCC4)CC3)cnc3cc(F)c(F)cc23)CC1. The van der Waals surface area contributed by atoms with Crippen LogP contribution in [0.5, 0.6) is 0 Å². The number of piperidine rings is 1. The largest absolute Gasteiger partial charge is 0.370 e. The molecule has 3 fully saturated rings. The highest BCUT2D eigenvalue weighted by Gasteiger charge is 2.34. The third-order valence-corrected chi connectivity index (χ3v) is 7.78. The number of carbonyl (C=O) groups excluding carboxylic acids is 2. The molecule has 0 radical (unpaired) electrons. The molecular weight excluding hydrogens is 466 g/mol. The first-order valence-corrected chi connectivity index (χ1v) is 12.6. The zero-order valence-electron chi connectivity index (χ0n) is 20.5. The molecule has 0 saturated carbocycles. The number of urea groups is 1. The van der Waals surface area contributed by atoms with Crippen molar-refractivity contribution in [2.75, 3.05) is 57.3 Å². The van der Waals surface area contributed by atoms with Gasteiger partial charge in [-0.1, -0.05) is 0 Å². The lowest BCUT2D eigenvalue weighted by Gasteiger charge is -2.39. The maximum Gasteiger partial charge on any atom is 0.320 e. The van der Waals surface area contributed by atoms with Gasteiger partial charge in [-0.25, -0.2) is 13.6 Å². The third-order valence-electron chi connectivity index (χ3n) is 7.78. The van der Waals surface area contributed by atoms with Crippen LogP contribution in [0.1, 0.15) is 43.0 Å². The zero-order chi connectivity index (χ0) is 25.4. The summed E-state index contributed by atoms with van der Waals surface area (Å²) in [5, 5.41) is 9.90. The van der Waals surface area contributed by atoms with E-state index in [2.05, 4.69) is 11.1 Å². The molecule has 3 aliphatic heterocycles. The fourth-order valence-electron chi connectivity index (χ4n) is 5.39. The van der Waals surface area contributed by atoms with E-state index >= 15 is 0 Å². The summed E-state index contributed by atoms with van der Waals surface area (Å²) in [5.74, 6) is -2.23. The lowest BCUT2D eigenvalue weighted by molar-refractivity contribution is 0.0645. The molecule has 3 saturated heterocycles. The Morgan fingerprint density at radius 3 is 2.14 bits per heavy atom. The Balaban J connectivity index is 1.42. The van der Waals surface area contributed by atoms with Crippen LogP contribution in [-0.4, -0.2) is 84.0 Å². The number of amides is 3. The first-order valence-electron chi connectivity index (χ1n) is 12.6. The number of piperazine rings is 1. The van der Waals surface area contributed by atoms with E-state index in [1.165, 1.54) is 6.20 Å². The number of fused-ring (bicyclic) bond motifs is 1. The van der Waals surface area contributed by atoms with E-state index in [4.69, 9.17) is 0 Å². The van der Waals surface area contributed by atoms with Gasteiger partial charge in [0.05, 0.1) is 28.3 Å². The average Bonchev–Trinajstić information content (AvgIpc) is 3.44. The van der Waals surface area contributed by atoms with Crippen molar-refractivity contribution in [2.45, 2.75) is 32.6 Å². The normalized spacial score (nSPS) is 20.1. The van der Waals surface area contributed by atoms with Gasteiger partial charge in [0.1, 0.15) is 0 Å². The molecule has 0 aliphatic carbocycles. The molecule has 5 rings (SSSR count). The number of nitrogens with zero attached hydrogens (tertiary/aromatic N) is 6. The van der Waals surface area contributed by atoms with Crippen molar-refractivity contribution in [3.05, 3.63) is 35.5 Å². The van der Waals surface area contributed by atoms with E-state index in [0.717, 1.165) is 38.1 Å². The van der Waals surface area contributed by atoms with Gasteiger partial charge in [-0.2, -0.15) is 5.26 Å². The summed E-state index contributed by atoms with van der Waals surface area (Å²) in [6, 6.07) is 4.55. The summed E-state index contributed by atoms with van der Waals surface area (Å²) in [6.07, 6.45) is 4.69. The summed E-state index contributed by atoms with van der Waals surface area (Å²) in [7, 11) is 0. The quantitative estimate of drug-likeness (QED) is 0.634. The smallest absolute Gasteiger partial charge is 0.320 e. The van der Waals surface area contributed by atoms with E-state index in [1.54, 1.807) is 9.80 Å². The number of halogens is 2. The fourth-order valence-corrected chi connectivity index (χ4v) is 5.39. The summed E-state index contributed by atoms with van der Waals surface area (Å²) < 4.78 is 28.3. The molecule has 0 bridgehead atoms. The molecule has 0 N–H and O–H groups in total. The number of nitriles is 1. The van der Waals surface area contributed by atoms with Gasteiger partial charge in [0, 0.05) is 70.0 Å². The first-order chi connectivity index (χ1) is 17.3. The van der Waals surface area contributed by atoms with E-state index in [0.29, 0.717) is 68.7 Å². The highest BCUT2D eigenvalue weighted by atomic mass is 19.2. The van der Waals surface area contributed by atoms with Crippen LogP contribution in [0, 0.1) is 28.4 Å². The summed E-state index contributed by atoms with van der Waals surface area (Å²) in [4.78, 5) is 38.1. The van der Waals surface area contributed by atoms with Crippen molar-refractivity contribution in [1.82, 2.24) is 19.7 Å². The third kappa shape index (κ3) is 4.43. The zero-order valence-corrected chi connectivity index (χ0v) is 20.5. The van der Waals surface area contributed by atoms with Crippen LogP contribution >= 0.6 is 0 Å². The number of rotatable bonds is 2. The molecule has 2 aromatic rings. The van der Waals surface area contributed by atoms with Crippen LogP contribution in [0.15, 0.2) is 18.3 Å². The highest BCUT2D eigenvalue weighted by molar-refractivity contribution is 6.07. The minimum absolute atomic E-state index is 0.0269. The molecule has 8 nitrogen and oxygen atoms in total. The second kappa shape index (κ2) is 9.52. The van der Waals surface area contributed by atoms with Crippen molar-refractivity contribution in [3.63, 3.8) is 0 Å². The van der Waals surface area contributed by atoms with Gasteiger partial charge in [-0.3, -0.25) is 9.78 Å². The molecule has 0 atom stereocenters. The Morgan fingerprint density at radius 1 is 0.917 bits per heavy atom. The molecule has 0 unspecified atom stereocenters. The number of carbonyl (C=O) groups is 2. The monoisotopic (exact) mass is 496 g/mol. The Kier molecular flexibility index (Phi) is 6.41. The molecule has 0 spiro atoms. The summed E-state index contributed by atoms with van der Waals surface area (Å²) in [5.41, 5.74) is 0.668. The maximum absolute atomic E-state index is 14.3. The lowest BCUT2D eigenvalue weighted by atomic mass is 9.81. The van der Waals surface area contributed by atoms with Crippen LogP contribution in [-0.2, 0) is 0 Å². The summed E-state index contributed by atoms with van der Waals surface area (Å²) >= 11 is 0. The maximum atomic E-state index is 14.3. The van der Waals surface area contributed by atoms with Crippen molar-refractivity contribution < 1.29 is 18.4 Å². The number of hydrogen-bond acceptors (Lipinski definition) is 5. The van der Waals surface area contributed by atoms with Crippen LogP contribution in [0.25, 0.3) is 10.9 Å². The molecule has 1 aromatic heterocycles. The highest BCUT2D eigenvalue weighted by Crippen LogP contribution is 2.37. The predicted octanol–water partition coefficient (Wildman–Crippen LogP) is 3.62. The van der Waals surface area contributed by atoms with E-state index in [9.17, 15) is 23.6 Å². The molecule has 10 heteroatoms. The topological polar surface area (TPSA) is 83.8 Å². The van der Waals surface area contributed by atoms with Gasteiger partial charge in [-0.05, 0) is 38.7 Å². The van der Waals surface area contributed by atoms with Gasteiger partial charge in [0.2, 0.25) is 0 Å². The van der Waals surface area contributed by atoms with Gasteiger partial charge in [0.25, 0.3) is 5.91 Å². The predicted molar refractivity (Wildman–Crippen MR) is 131 cm³/mol. The van der Waals surface area contributed by atoms with Gasteiger partial charge in [-0.15, -0.1) is 0 Å². The molecule has 3 aliphatic rings. The minimum atomic E-state index is -0.997. The molecule has 36 heavy (non-hydrogen) atoms. The molecule has 1 aromatic carbocycles. The number of aromatic nitrogens is 1. The van der Waals surface area contributed by atoms with Crippen molar-refractivity contribution >= 4 is 28.5 Å². The van der Waals surface area contributed by atoms with Gasteiger partial charge < -0.3 is 19.6 Å². The van der Waals surface area contributed by atoms with E-state index < -0.39 is 17.0 Å². The number of pyridine rings is 1.